The molecule has 1 aromatic rings. The second-order valence-corrected chi connectivity index (χ2v) is 7.32. The number of hydrogen-bond donors (Lipinski definition) is 2. The van der Waals surface area contributed by atoms with Crippen molar-refractivity contribution in [3.05, 3.63) is 30.1 Å². The van der Waals surface area contributed by atoms with Crippen molar-refractivity contribution in [3.63, 3.8) is 0 Å². The van der Waals surface area contributed by atoms with E-state index in [-0.39, 0.29) is 23.7 Å². The third-order valence-corrected chi connectivity index (χ3v) is 4.86. The van der Waals surface area contributed by atoms with E-state index in [0.717, 1.165) is 18.0 Å². The minimum absolute atomic E-state index is 0.0617. The molecule has 2 rings (SSSR count). The number of thioether (sulfide) groups is 1. The number of carbonyl (C=O) groups is 2. The second kappa shape index (κ2) is 9.03. The fraction of sp³-hybridized carbons (Fsp3) is 0.529. The number of benzene rings is 1. The molecule has 1 heterocycles. The lowest BCUT2D eigenvalue weighted by Crippen LogP contribution is -3.16. The van der Waals surface area contributed by atoms with Crippen molar-refractivity contribution >= 4 is 23.6 Å². The van der Waals surface area contributed by atoms with Gasteiger partial charge in [-0.3, -0.25) is 9.59 Å². The Labute approximate surface area is 146 Å². The number of quaternary nitrogens is 1. The van der Waals surface area contributed by atoms with Gasteiger partial charge in [0.05, 0.1) is 31.9 Å². The van der Waals surface area contributed by atoms with E-state index < -0.39 is 0 Å². The zero-order chi connectivity index (χ0) is 17.5. The van der Waals surface area contributed by atoms with Crippen molar-refractivity contribution in [2.45, 2.75) is 24.8 Å². The Morgan fingerprint density at radius 1 is 1.25 bits per heavy atom. The van der Waals surface area contributed by atoms with Gasteiger partial charge in [0, 0.05) is 10.9 Å². The van der Waals surface area contributed by atoms with Gasteiger partial charge in [0.15, 0.2) is 6.54 Å². The maximum Gasteiger partial charge on any atom is 0.275 e. The SMILES string of the molecule is CC(C)NC(=O)C[NH+]1CCN(C(=O)CSc2ccc(F)cc2)CC1. The third-order valence-electron chi connectivity index (χ3n) is 3.86. The number of nitrogens with one attached hydrogen (secondary N) is 2. The van der Waals surface area contributed by atoms with Crippen LogP contribution >= 0.6 is 11.8 Å². The fourth-order valence-corrected chi connectivity index (χ4v) is 3.42. The average molecular weight is 354 g/mol. The van der Waals surface area contributed by atoms with E-state index in [1.165, 1.54) is 28.8 Å². The van der Waals surface area contributed by atoms with Crippen molar-refractivity contribution in [2.24, 2.45) is 0 Å². The molecule has 0 radical (unpaired) electrons. The van der Waals surface area contributed by atoms with Gasteiger partial charge in [-0.1, -0.05) is 0 Å². The molecule has 7 heteroatoms. The molecule has 5 nitrogen and oxygen atoms in total. The van der Waals surface area contributed by atoms with Crippen LogP contribution in [0.4, 0.5) is 4.39 Å². The van der Waals surface area contributed by atoms with E-state index in [1.807, 2.05) is 18.7 Å². The van der Waals surface area contributed by atoms with Gasteiger partial charge in [0.2, 0.25) is 5.91 Å². The number of rotatable bonds is 6. The van der Waals surface area contributed by atoms with Gasteiger partial charge in [-0.05, 0) is 38.1 Å². The minimum atomic E-state index is -0.272. The molecular formula is C17H25FN3O2S+. The zero-order valence-electron chi connectivity index (χ0n) is 14.2. The summed E-state index contributed by atoms with van der Waals surface area (Å²) in [6, 6.07) is 6.32. The van der Waals surface area contributed by atoms with Crippen molar-refractivity contribution in [1.29, 1.82) is 0 Å². The molecule has 1 aliphatic rings. The van der Waals surface area contributed by atoms with Crippen LogP contribution in [0.15, 0.2) is 29.2 Å². The smallest absolute Gasteiger partial charge is 0.275 e. The lowest BCUT2D eigenvalue weighted by Gasteiger charge is -2.32. The summed E-state index contributed by atoms with van der Waals surface area (Å²) in [7, 11) is 0. The summed E-state index contributed by atoms with van der Waals surface area (Å²) < 4.78 is 12.9. The van der Waals surface area contributed by atoms with Gasteiger partial charge in [-0.15, -0.1) is 11.8 Å². The number of piperazine rings is 1. The maximum atomic E-state index is 12.9. The number of hydrogen-bond acceptors (Lipinski definition) is 3. The van der Waals surface area contributed by atoms with E-state index in [4.69, 9.17) is 0 Å². The van der Waals surface area contributed by atoms with Gasteiger partial charge in [0.1, 0.15) is 5.82 Å². The summed E-state index contributed by atoms with van der Waals surface area (Å²) in [6.07, 6.45) is 0. The highest BCUT2D eigenvalue weighted by molar-refractivity contribution is 8.00. The molecule has 1 aromatic carbocycles. The number of halogens is 1. The van der Waals surface area contributed by atoms with E-state index in [1.54, 1.807) is 12.1 Å². The van der Waals surface area contributed by atoms with Crippen LogP contribution in [-0.4, -0.2) is 61.2 Å². The van der Waals surface area contributed by atoms with Crippen LogP contribution in [0.2, 0.25) is 0 Å². The van der Waals surface area contributed by atoms with Gasteiger partial charge in [0.25, 0.3) is 5.91 Å². The monoisotopic (exact) mass is 354 g/mol. The van der Waals surface area contributed by atoms with Crippen molar-refractivity contribution < 1.29 is 18.9 Å². The Kier molecular flexibility index (Phi) is 7.05. The zero-order valence-corrected chi connectivity index (χ0v) is 15.0. The molecule has 0 atom stereocenters. The lowest BCUT2D eigenvalue weighted by molar-refractivity contribution is -0.896. The molecule has 2 N–H and O–H groups in total. The predicted molar refractivity (Wildman–Crippen MR) is 92.5 cm³/mol. The molecule has 1 aliphatic heterocycles. The van der Waals surface area contributed by atoms with Crippen LogP contribution in [-0.2, 0) is 9.59 Å². The Bertz CT molecular complexity index is 557. The summed E-state index contributed by atoms with van der Waals surface area (Å²) in [5.41, 5.74) is 0. The van der Waals surface area contributed by atoms with E-state index in [2.05, 4.69) is 5.32 Å². The Hall–Kier alpha value is -1.60. The maximum absolute atomic E-state index is 12.9. The standard InChI is InChI=1S/C17H24FN3O2S/c1-13(2)19-16(22)11-20-7-9-21(10-8-20)17(23)12-24-15-5-3-14(18)4-6-15/h3-6,13H,7-12H2,1-2H3,(H,19,22)/p+1. The first-order chi connectivity index (χ1) is 11.4. The van der Waals surface area contributed by atoms with E-state index >= 15 is 0 Å². The summed E-state index contributed by atoms with van der Waals surface area (Å²) in [5, 5.41) is 2.90. The largest absolute Gasteiger partial charge is 0.349 e. The molecule has 0 saturated carbocycles. The first-order valence-corrected chi connectivity index (χ1v) is 9.21. The van der Waals surface area contributed by atoms with Crippen LogP contribution in [0.1, 0.15) is 13.8 Å². The summed E-state index contributed by atoms with van der Waals surface area (Å²) >= 11 is 1.42. The van der Waals surface area contributed by atoms with Crippen LogP contribution in [0.3, 0.4) is 0 Å². The molecule has 0 aromatic heterocycles. The number of carbonyl (C=O) groups excluding carboxylic acids is 2. The topological polar surface area (TPSA) is 53.9 Å². The van der Waals surface area contributed by atoms with Gasteiger partial charge in [-0.25, -0.2) is 4.39 Å². The second-order valence-electron chi connectivity index (χ2n) is 6.27. The molecule has 0 aliphatic carbocycles. The van der Waals surface area contributed by atoms with Gasteiger partial charge < -0.3 is 15.1 Å². The molecule has 132 valence electrons. The van der Waals surface area contributed by atoms with E-state index in [0.29, 0.717) is 25.4 Å². The molecule has 2 amide bonds. The van der Waals surface area contributed by atoms with E-state index in [9.17, 15) is 14.0 Å². The van der Waals surface area contributed by atoms with Crippen molar-refractivity contribution in [2.75, 3.05) is 38.5 Å². The molecular weight excluding hydrogens is 329 g/mol. The highest BCUT2D eigenvalue weighted by Crippen LogP contribution is 2.18. The summed E-state index contributed by atoms with van der Waals surface area (Å²) in [6.45, 7) is 7.28. The normalized spacial score (nSPS) is 15.6. The van der Waals surface area contributed by atoms with Crippen molar-refractivity contribution in [3.8, 4) is 0 Å². The average Bonchev–Trinajstić information content (AvgIpc) is 2.54. The Morgan fingerprint density at radius 2 is 1.88 bits per heavy atom. The first kappa shape index (κ1) is 18.7. The molecule has 1 saturated heterocycles. The van der Waals surface area contributed by atoms with Gasteiger partial charge in [-0.2, -0.15) is 0 Å². The summed E-state index contributed by atoms with van der Waals surface area (Å²) in [5.74, 6) is 0.238. The Balaban J connectivity index is 1.70. The quantitative estimate of drug-likeness (QED) is 0.716. The van der Waals surface area contributed by atoms with Crippen LogP contribution in [0.5, 0.6) is 0 Å². The minimum Gasteiger partial charge on any atom is -0.349 e. The predicted octanol–water partition coefficient (Wildman–Crippen LogP) is 0.170. The van der Waals surface area contributed by atoms with Crippen LogP contribution in [0, 0.1) is 5.82 Å². The van der Waals surface area contributed by atoms with Crippen LogP contribution in [0.25, 0.3) is 0 Å². The van der Waals surface area contributed by atoms with Crippen LogP contribution < -0.4 is 10.2 Å². The molecule has 0 spiro atoms. The lowest BCUT2D eigenvalue weighted by atomic mass is 10.3. The third kappa shape index (κ3) is 6.13. The number of nitrogens with zero attached hydrogens (tertiary/aromatic N) is 1. The molecule has 1 fully saturated rings. The molecule has 0 unspecified atom stereocenters. The molecule has 24 heavy (non-hydrogen) atoms. The number of amides is 2. The highest BCUT2D eigenvalue weighted by Gasteiger charge is 2.25. The fourth-order valence-electron chi connectivity index (χ4n) is 2.62. The van der Waals surface area contributed by atoms with Crippen molar-refractivity contribution in [1.82, 2.24) is 10.2 Å². The highest BCUT2D eigenvalue weighted by atomic mass is 32.2. The first-order valence-electron chi connectivity index (χ1n) is 8.23. The Morgan fingerprint density at radius 3 is 2.46 bits per heavy atom. The summed E-state index contributed by atoms with van der Waals surface area (Å²) in [4.78, 5) is 28.0. The van der Waals surface area contributed by atoms with Gasteiger partial charge >= 0.3 is 0 Å². The molecule has 0 bridgehead atoms.